The summed E-state index contributed by atoms with van der Waals surface area (Å²) in [6.07, 6.45) is 1.14. The number of hydrogen-bond donors (Lipinski definition) is 4. The van der Waals surface area contributed by atoms with E-state index in [0.717, 1.165) is 23.1 Å². The average molecular weight is 484 g/mol. The molecule has 9 nitrogen and oxygen atoms in total. The van der Waals surface area contributed by atoms with Crippen molar-refractivity contribution in [2.24, 2.45) is 0 Å². The summed E-state index contributed by atoms with van der Waals surface area (Å²) in [5.74, 6) is 0.517. The number of para-hydroxylation sites is 1. The van der Waals surface area contributed by atoms with Gasteiger partial charge in [-0.1, -0.05) is 18.2 Å². The molecule has 0 unspecified atom stereocenters. The zero-order valence-corrected chi connectivity index (χ0v) is 20.4. The first-order valence-corrected chi connectivity index (χ1v) is 12.8. The minimum atomic E-state index is -3.30. The van der Waals surface area contributed by atoms with Gasteiger partial charge in [0, 0.05) is 35.3 Å². The van der Waals surface area contributed by atoms with Gasteiger partial charge in [0.2, 0.25) is 0 Å². The molecule has 0 radical (unpaired) electrons. The second kappa shape index (κ2) is 10.6. The summed E-state index contributed by atoms with van der Waals surface area (Å²) >= 11 is 0. The molecule has 4 N–H and O–H groups in total. The summed E-state index contributed by atoms with van der Waals surface area (Å²) in [5, 5.41) is 18.0. The third kappa shape index (κ3) is 7.00. The molecule has 10 heteroatoms. The lowest BCUT2D eigenvalue weighted by Crippen LogP contribution is -2.21. The molecule has 2 amide bonds. The van der Waals surface area contributed by atoms with Crippen LogP contribution in [-0.4, -0.2) is 48.4 Å². The van der Waals surface area contributed by atoms with Crippen molar-refractivity contribution in [2.75, 3.05) is 28.8 Å². The van der Waals surface area contributed by atoms with Crippen molar-refractivity contribution in [3.63, 3.8) is 0 Å². The quantitative estimate of drug-likeness (QED) is 0.383. The number of amides is 2. The Balaban J connectivity index is 1.80. The van der Waals surface area contributed by atoms with Gasteiger partial charge in [-0.3, -0.25) is 0 Å². The number of aliphatic hydroxyl groups is 1. The fourth-order valence-corrected chi connectivity index (χ4v) is 4.02. The minimum absolute atomic E-state index is 0.106. The molecule has 0 aliphatic heterocycles. The first-order valence-electron chi connectivity index (χ1n) is 10.7. The van der Waals surface area contributed by atoms with Crippen LogP contribution in [-0.2, 0) is 15.6 Å². The second-order valence-corrected chi connectivity index (χ2v) is 10.4. The van der Waals surface area contributed by atoms with Crippen molar-refractivity contribution < 1.29 is 18.3 Å². The Morgan fingerprint density at radius 2 is 1.68 bits per heavy atom. The average Bonchev–Trinajstić information content (AvgIpc) is 2.75. The lowest BCUT2D eigenvalue weighted by molar-refractivity contribution is 0.262. The molecule has 1 atom stereocenters. The fraction of sp³-hybridized carbons (Fsp3) is 0.292. The number of aromatic nitrogens is 2. The van der Waals surface area contributed by atoms with Crippen molar-refractivity contribution in [3.8, 4) is 11.4 Å². The predicted molar refractivity (Wildman–Crippen MR) is 135 cm³/mol. The molecule has 2 aromatic carbocycles. The van der Waals surface area contributed by atoms with Crippen LogP contribution in [0.4, 0.5) is 22.0 Å². The van der Waals surface area contributed by atoms with E-state index in [2.05, 4.69) is 25.9 Å². The molecule has 0 bridgehead atoms. The van der Waals surface area contributed by atoms with E-state index >= 15 is 0 Å². The van der Waals surface area contributed by atoms with E-state index in [1.165, 1.54) is 0 Å². The molecule has 0 saturated carbocycles. The Morgan fingerprint density at radius 3 is 2.26 bits per heavy atom. The monoisotopic (exact) mass is 483 g/mol. The lowest BCUT2D eigenvalue weighted by atomic mass is 10.1. The maximum atomic E-state index is 12.5. The normalized spacial score (nSPS) is 12.1. The topological polar surface area (TPSA) is 133 Å². The standard InChI is InChI=1S/C24H29N5O4S/c1-15-6-5-7-16(2)22(15)29-24(31)27-19-10-8-18(9-11-19)23-26-20(14-34(4,32)33)12-21(28-23)25-17(3)13-30/h5-12,17,30H,13-14H2,1-4H3,(H,25,26,28)(H2,27,29,31)/t17-/m0/s1. The number of urea groups is 1. The van der Waals surface area contributed by atoms with Gasteiger partial charge in [0.15, 0.2) is 15.7 Å². The first kappa shape index (κ1) is 25.1. The second-order valence-electron chi connectivity index (χ2n) is 8.29. The number of nitrogens with one attached hydrogen (secondary N) is 3. The number of carbonyl (C=O) groups is 1. The summed E-state index contributed by atoms with van der Waals surface area (Å²) in [5.41, 5.74) is 4.27. The van der Waals surface area contributed by atoms with Crippen molar-refractivity contribution in [1.29, 1.82) is 0 Å². The molecule has 1 heterocycles. The van der Waals surface area contributed by atoms with Gasteiger partial charge in [0.1, 0.15) is 5.82 Å². The highest BCUT2D eigenvalue weighted by Crippen LogP contribution is 2.23. The molecule has 0 fully saturated rings. The van der Waals surface area contributed by atoms with E-state index in [0.29, 0.717) is 28.6 Å². The van der Waals surface area contributed by atoms with Crippen LogP contribution in [0.5, 0.6) is 0 Å². The largest absolute Gasteiger partial charge is 0.394 e. The van der Waals surface area contributed by atoms with Crippen molar-refractivity contribution >= 4 is 33.1 Å². The molecule has 0 aliphatic carbocycles. The summed E-state index contributed by atoms with van der Waals surface area (Å²) in [6, 6.07) is 13.7. The smallest absolute Gasteiger partial charge is 0.323 e. The van der Waals surface area contributed by atoms with Crippen molar-refractivity contribution in [2.45, 2.75) is 32.6 Å². The van der Waals surface area contributed by atoms with Gasteiger partial charge in [-0.05, 0) is 56.2 Å². The van der Waals surface area contributed by atoms with E-state index in [1.54, 1.807) is 37.3 Å². The third-order valence-corrected chi connectivity index (χ3v) is 5.80. The minimum Gasteiger partial charge on any atom is -0.394 e. The highest BCUT2D eigenvalue weighted by molar-refractivity contribution is 7.89. The number of sulfone groups is 1. The maximum Gasteiger partial charge on any atom is 0.323 e. The third-order valence-electron chi connectivity index (χ3n) is 4.98. The zero-order valence-electron chi connectivity index (χ0n) is 19.6. The van der Waals surface area contributed by atoms with Gasteiger partial charge in [0.25, 0.3) is 0 Å². The molecule has 180 valence electrons. The van der Waals surface area contributed by atoms with Gasteiger partial charge in [-0.25, -0.2) is 23.2 Å². The number of aryl methyl sites for hydroxylation is 2. The molecular formula is C24H29N5O4S. The van der Waals surface area contributed by atoms with Crippen LogP contribution in [0.1, 0.15) is 23.7 Å². The summed E-state index contributed by atoms with van der Waals surface area (Å²) < 4.78 is 23.6. The number of aliphatic hydroxyl groups excluding tert-OH is 1. The van der Waals surface area contributed by atoms with Gasteiger partial charge < -0.3 is 21.1 Å². The van der Waals surface area contributed by atoms with Gasteiger partial charge in [0.05, 0.1) is 18.1 Å². The number of benzene rings is 2. The Hall–Kier alpha value is -3.50. The Kier molecular flexibility index (Phi) is 7.85. The van der Waals surface area contributed by atoms with Crippen LogP contribution in [0.3, 0.4) is 0 Å². The molecule has 1 aromatic heterocycles. The van der Waals surface area contributed by atoms with Crippen LogP contribution < -0.4 is 16.0 Å². The van der Waals surface area contributed by atoms with E-state index in [9.17, 15) is 18.3 Å². The summed E-state index contributed by atoms with van der Waals surface area (Å²) in [7, 11) is -3.30. The lowest BCUT2D eigenvalue weighted by Gasteiger charge is -2.14. The molecular weight excluding hydrogens is 454 g/mol. The van der Waals surface area contributed by atoms with Crippen LogP contribution >= 0.6 is 0 Å². The van der Waals surface area contributed by atoms with E-state index in [1.807, 2.05) is 32.0 Å². The van der Waals surface area contributed by atoms with Crippen LogP contribution in [0.2, 0.25) is 0 Å². The maximum absolute atomic E-state index is 12.5. The van der Waals surface area contributed by atoms with E-state index in [4.69, 9.17) is 0 Å². The first-order chi connectivity index (χ1) is 16.0. The number of hydrogen-bond acceptors (Lipinski definition) is 7. The number of carbonyl (C=O) groups excluding carboxylic acids is 1. The SMILES string of the molecule is Cc1cccc(C)c1NC(=O)Nc1ccc(-c2nc(CS(C)(=O)=O)cc(N[C@@H](C)CO)n2)cc1. The van der Waals surface area contributed by atoms with E-state index < -0.39 is 9.84 Å². The van der Waals surface area contributed by atoms with Gasteiger partial charge in [-0.15, -0.1) is 0 Å². The van der Waals surface area contributed by atoms with Crippen LogP contribution in [0.15, 0.2) is 48.5 Å². The highest BCUT2D eigenvalue weighted by Gasteiger charge is 2.13. The molecule has 0 saturated heterocycles. The fourth-order valence-electron chi connectivity index (χ4n) is 3.33. The van der Waals surface area contributed by atoms with Crippen LogP contribution in [0.25, 0.3) is 11.4 Å². The number of anilines is 3. The predicted octanol–water partition coefficient (Wildman–Crippen LogP) is 3.74. The molecule has 3 aromatic rings. The highest BCUT2D eigenvalue weighted by atomic mass is 32.2. The summed E-state index contributed by atoms with van der Waals surface area (Å²) in [4.78, 5) is 21.3. The Labute approximate surface area is 199 Å². The number of nitrogens with zero attached hydrogens (tertiary/aromatic N) is 2. The van der Waals surface area contributed by atoms with Crippen LogP contribution in [0, 0.1) is 13.8 Å². The van der Waals surface area contributed by atoms with Crippen molar-refractivity contribution in [1.82, 2.24) is 9.97 Å². The van der Waals surface area contributed by atoms with Gasteiger partial charge >= 0.3 is 6.03 Å². The molecule has 0 spiro atoms. The Morgan fingerprint density at radius 1 is 1.03 bits per heavy atom. The molecule has 0 aliphatic rings. The van der Waals surface area contributed by atoms with E-state index in [-0.39, 0.29) is 24.4 Å². The van der Waals surface area contributed by atoms with Crippen molar-refractivity contribution in [3.05, 3.63) is 65.4 Å². The Bertz CT molecular complexity index is 1260. The summed E-state index contributed by atoms with van der Waals surface area (Å²) in [6.45, 7) is 5.53. The zero-order chi connectivity index (χ0) is 24.9. The molecule has 3 rings (SSSR count). The van der Waals surface area contributed by atoms with Gasteiger partial charge in [-0.2, -0.15) is 0 Å². The number of rotatable bonds is 8. The molecule has 34 heavy (non-hydrogen) atoms.